The Bertz CT molecular complexity index is 1870. The minimum absolute atomic E-state index is 0.106. The van der Waals surface area contributed by atoms with E-state index in [9.17, 15) is 43.2 Å². The van der Waals surface area contributed by atoms with Crippen molar-refractivity contribution in [3.05, 3.63) is 0 Å². The van der Waals surface area contributed by atoms with E-state index in [1.54, 1.807) is 0 Å². The van der Waals surface area contributed by atoms with Crippen LogP contribution >= 0.6 is 15.6 Å². The van der Waals surface area contributed by atoms with Crippen molar-refractivity contribution >= 4 is 39.5 Å². The van der Waals surface area contributed by atoms with Crippen LogP contribution in [0.25, 0.3) is 0 Å². The van der Waals surface area contributed by atoms with Gasteiger partial charge in [-0.2, -0.15) is 0 Å². The second kappa shape index (κ2) is 72.0. The smallest absolute Gasteiger partial charge is 0.462 e. The molecule has 0 saturated carbocycles. The molecule has 0 heterocycles. The first-order valence-electron chi connectivity index (χ1n) is 41.1. The Kier molecular flexibility index (Phi) is 70.6. The Morgan fingerprint density at radius 1 is 0.276 bits per heavy atom. The summed E-state index contributed by atoms with van der Waals surface area (Å²) in [7, 11) is -9.91. The van der Waals surface area contributed by atoms with Gasteiger partial charge < -0.3 is 33.8 Å². The van der Waals surface area contributed by atoms with E-state index in [4.69, 9.17) is 37.0 Å². The summed E-state index contributed by atoms with van der Waals surface area (Å²) < 4.78 is 68.6. The zero-order valence-corrected chi connectivity index (χ0v) is 65.7. The number of hydrogen-bond acceptors (Lipinski definition) is 15. The fraction of sp³-hybridized carbons (Fsp3) is 0.949. The molecule has 0 aromatic carbocycles. The summed E-state index contributed by atoms with van der Waals surface area (Å²) in [6, 6.07) is 0. The first-order chi connectivity index (χ1) is 47.5. The Hall–Kier alpha value is -1.94. The van der Waals surface area contributed by atoms with E-state index in [0.717, 1.165) is 95.8 Å². The molecule has 0 aliphatic rings. The monoisotopic (exact) mass is 1440 g/mol. The van der Waals surface area contributed by atoms with E-state index in [0.29, 0.717) is 25.7 Å². The number of carbonyl (C=O) groups is 4. The number of phosphoric acid groups is 2. The van der Waals surface area contributed by atoms with Gasteiger partial charge in [-0.25, -0.2) is 9.13 Å². The molecule has 0 radical (unpaired) electrons. The summed E-state index contributed by atoms with van der Waals surface area (Å²) in [6.07, 6.45) is 62.5. The molecule has 98 heavy (non-hydrogen) atoms. The van der Waals surface area contributed by atoms with Gasteiger partial charge in [0.05, 0.1) is 26.4 Å². The molecular weight excluding hydrogens is 1280 g/mol. The Morgan fingerprint density at radius 3 is 0.694 bits per heavy atom. The van der Waals surface area contributed by atoms with Crippen LogP contribution in [0.3, 0.4) is 0 Å². The highest BCUT2D eigenvalue weighted by Gasteiger charge is 2.30. The lowest BCUT2D eigenvalue weighted by Crippen LogP contribution is -2.30. The Morgan fingerprint density at radius 2 is 0.469 bits per heavy atom. The zero-order chi connectivity index (χ0) is 71.9. The Balaban J connectivity index is 5.21. The van der Waals surface area contributed by atoms with E-state index in [1.807, 2.05) is 0 Å². The second-order valence-electron chi connectivity index (χ2n) is 28.9. The van der Waals surface area contributed by atoms with E-state index in [1.165, 1.54) is 244 Å². The van der Waals surface area contributed by atoms with Crippen LogP contribution in [-0.4, -0.2) is 96.7 Å². The minimum atomic E-state index is -4.96. The highest BCUT2D eigenvalue weighted by Crippen LogP contribution is 2.45. The van der Waals surface area contributed by atoms with Crippen LogP contribution in [0.4, 0.5) is 0 Å². The molecule has 582 valence electrons. The van der Waals surface area contributed by atoms with Gasteiger partial charge in [-0.1, -0.05) is 369 Å². The standard InChI is InChI=1S/C79H154O17P2/c1-6-9-12-15-18-21-23-25-27-29-30-31-32-34-36-38-44-49-54-59-64-78(83)95-75(69-90-77(82)63-58-53-48-43-37-35-33-28-26-24-22-19-16-13-10-7-2)71-94-98(87,88)92-67-73(80)66-91-97(85,86)93-70-74(68-89-76(81)62-57-52-47-41-20-17-14-11-8-3)96-79(84)65-60-55-50-45-40-39-42-46-51-56-61-72(4)5/h72-75,80H,6-71H2,1-5H3,(H,85,86)(H,87,88)/t73-,74+,75+/m0/s1. The first kappa shape index (κ1) is 96.1. The molecule has 0 spiro atoms. The number of unbranched alkanes of at least 4 members (excludes halogenated alkanes) is 51. The molecule has 0 fully saturated rings. The van der Waals surface area contributed by atoms with Crippen LogP contribution < -0.4 is 0 Å². The summed E-state index contributed by atoms with van der Waals surface area (Å²) >= 11 is 0. The van der Waals surface area contributed by atoms with Gasteiger partial charge in [0.25, 0.3) is 0 Å². The number of carbonyl (C=O) groups excluding carboxylic acids is 4. The molecule has 0 aromatic rings. The number of ether oxygens (including phenoxy) is 4. The molecule has 3 N–H and O–H groups in total. The second-order valence-corrected chi connectivity index (χ2v) is 31.8. The van der Waals surface area contributed by atoms with E-state index in [-0.39, 0.29) is 25.7 Å². The van der Waals surface area contributed by atoms with Crippen molar-refractivity contribution in [3.8, 4) is 0 Å². The van der Waals surface area contributed by atoms with Gasteiger partial charge in [-0.05, 0) is 31.6 Å². The van der Waals surface area contributed by atoms with Crippen LogP contribution in [0.15, 0.2) is 0 Å². The number of esters is 4. The van der Waals surface area contributed by atoms with Crippen molar-refractivity contribution in [2.45, 2.75) is 438 Å². The first-order valence-corrected chi connectivity index (χ1v) is 44.1. The lowest BCUT2D eigenvalue weighted by Gasteiger charge is -2.21. The molecule has 17 nitrogen and oxygen atoms in total. The average molecular weight is 1440 g/mol. The van der Waals surface area contributed by atoms with Gasteiger partial charge >= 0.3 is 39.5 Å². The van der Waals surface area contributed by atoms with Crippen molar-refractivity contribution in [2.75, 3.05) is 39.6 Å². The molecule has 0 aliphatic carbocycles. The average Bonchev–Trinajstić information content (AvgIpc) is 1.24. The van der Waals surface area contributed by atoms with E-state index >= 15 is 0 Å². The van der Waals surface area contributed by atoms with Crippen molar-refractivity contribution in [3.63, 3.8) is 0 Å². The van der Waals surface area contributed by atoms with Gasteiger partial charge in [0.1, 0.15) is 19.3 Å². The number of aliphatic hydroxyl groups excluding tert-OH is 1. The number of rotatable bonds is 79. The maximum absolute atomic E-state index is 13.1. The van der Waals surface area contributed by atoms with Gasteiger partial charge in [0.15, 0.2) is 12.2 Å². The lowest BCUT2D eigenvalue weighted by atomic mass is 10.0. The third-order valence-corrected chi connectivity index (χ3v) is 20.4. The molecule has 2 unspecified atom stereocenters. The normalized spacial score (nSPS) is 13.9. The fourth-order valence-corrected chi connectivity index (χ4v) is 13.8. The van der Waals surface area contributed by atoms with Crippen LogP contribution in [0.5, 0.6) is 0 Å². The summed E-state index contributed by atoms with van der Waals surface area (Å²) in [5, 5.41) is 10.6. The summed E-state index contributed by atoms with van der Waals surface area (Å²) in [5.41, 5.74) is 0. The molecule has 19 heteroatoms. The van der Waals surface area contributed by atoms with Crippen LogP contribution in [0.2, 0.25) is 0 Å². The molecule has 0 saturated heterocycles. The van der Waals surface area contributed by atoms with E-state index in [2.05, 4.69) is 34.6 Å². The predicted octanol–water partition coefficient (Wildman–Crippen LogP) is 23.6. The maximum Gasteiger partial charge on any atom is 0.472 e. The van der Waals surface area contributed by atoms with Crippen LogP contribution in [0.1, 0.15) is 420 Å². The highest BCUT2D eigenvalue weighted by molar-refractivity contribution is 7.47. The highest BCUT2D eigenvalue weighted by atomic mass is 31.2. The quantitative estimate of drug-likeness (QED) is 0.0222. The van der Waals surface area contributed by atoms with Crippen molar-refractivity contribution in [1.82, 2.24) is 0 Å². The predicted molar refractivity (Wildman–Crippen MR) is 400 cm³/mol. The van der Waals surface area contributed by atoms with Crippen LogP contribution in [-0.2, 0) is 65.4 Å². The van der Waals surface area contributed by atoms with Gasteiger partial charge in [-0.3, -0.25) is 37.3 Å². The largest absolute Gasteiger partial charge is 0.472 e. The van der Waals surface area contributed by atoms with Crippen molar-refractivity contribution in [1.29, 1.82) is 0 Å². The third-order valence-electron chi connectivity index (χ3n) is 18.5. The molecule has 5 atom stereocenters. The summed E-state index contributed by atoms with van der Waals surface area (Å²) in [6.45, 7) is 7.29. The molecular formula is C79H154O17P2. The molecule has 0 aliphatic heterocycles. The van der Waals surface area contributed by atoms with Crippen LogP contribution in [0, 0.1) is 5.92 Å². The zero-order valence-electron chi connectivity index (χ0n) is 63.9. The molecule has 0 rings (SSSR count). The lowest BCUT2D eigenvalue weighted by molar-refractivity contribution is -0.161. The summed E-state index contributed by atoms with van der Waals surface area (Å²) in [4.78, 5) is 72.9. The number of phosphoric ester groups is 2. The van der Waals surface area contributed by atoms with Crippen molar-refractivity contribution < 1.29 is 80.2 Å². The van der Waals surface area contributed by atoms with E-state index < -0.39 is 97.5 Å². The number of hydrogen-bond donors (Lipinski definition) is 3. The van der Waals surface area contributed by atoms with Gasteiger partial charge in [-0.15, -0.1) is 0 Å². The maximum atomic E-state index is 13.1. The number of aliphatic hydroxyl groups is 1. The summed E-state index contributed by atoms with van der Waals surface area (Å²) in [5.74, 6) is -1.36. The minimum Gasteiger partial charge on any atom is -0.462 e. The van der Waals surface area contributed by atoms with Gasteiger partial charge in [0.2, 0.25) is 0 Å². The third kappa shape index (κ3) is 72.4. The molecule has 0 amide bonds. The molecule has 0 aromatic heterocycles. The van der Waals surface area contributed by atoms with Crippen molar-refractivity contribution in [2.24, 2.45) is 5.92 Å². The Labute approximate surface area is 600 Å². The fourth-order valence-electron chi connectivity index (χ4n) is 12.2. The molecule has 0 bridgehead atoms. The topological polar surface area (TPSA) is 237 Å². The van der Waals surface area contributed by atoms with Gasteiger partial charge in [0, 0.05) is 25.7 Å². The SMILES string of the molecule is CCCCCCCCCCCCCCCCCCCCCCC(=O)O[C@H](COC(=O)CCCCCCCCCCCCCCCCCC)COP(=O)(O)OC[C@@H](O)COP(=O)(O)OC[C@@H](COC(=O)CCCCCCCCCCC)OC(=O)CCCCCCCCCCCCC(C)C.